The van der Waals surface area contributed by atoms with E-state index >= 15 is 0 Å². The van der Waals surface area contributed by atoms with Gasteiger partial charge in [-0.1, -0.05) is 85.5 Å². The maximum Gasteiger partial charge on any atom is 1.00 e. The van der Waals surface area contributed by atoms with Gasteiger partial charge < -0.3 is 65.8 Å². The van der Waals surface area contributed by atoms with E-state index in [1.165, 1.54) is 50.9 Å². The van der Waals surface area contributed by atoms with Crippen LogP contribution in [-0.2, 0) is 33.8 Å². The van der Waals surface area contributed by atoms with Gasteiger partial charge in [0, 0.05) is 83.7 Å². The number of carbonyl (C=O) groups is 6. The fraction of sp³-hybridized carbons (Fsp3) is 0.265. The molecular formula is C49H48BBrCl9Cs2N9NaO17. The standard InChI is InChI=1S/C14H12Cl3N3O3.C14H12Cl3N3O2.C9H7BrCl2O2.C5H6ClN3O.C4H6O4.C2H4O2.CH2O3.B.2Cs.Na.H/c1-18-13-12(5-19-14(17)20-13)23-6-10(21)7-3-9(16)11(22-2)4-8(7)15;1-20-10(6-22-12-5-18-14(17)19-13(12)20)7-3-9(16)11(21-2)4-8(7)15;1-14-9-3-6(11)5(2-7(9)12)8(13)4-10;1-7-4-3(10)2-8-5(6)9-4;1-3(5)7-8-4(2)6;1-2(3)4;2-1-4-3;;;;;/h3-5H,6H2,1-2H3,(H,18,19,20);3-5,10H,6H2,1-2H3;2-3H,4H2,1H3;2,10H,1H3,(H,7,8,9);1-2H3;1H3,(H,3,4);1,3H;;;;;/q;;;;;;;;3*+1;-1/p-2. The molecule has 1 unspecified atom stereocenters. The third-order valence-corrected chi connectivity index (χ3v) is 12.2. The van der Waals surface area contributed by atoms with Gasteiger partial charge in [0.25, 0.3) is 6.47 Å². The fourth-order valence-electron chi connectivity index (χ4n) is 5.76. The number of ketones is 2. The molecule has 3 aromatic heterocycles. The molecular weight excluding hydrogens is 1690 g/mol. The van der Waals surface area contributed by atoms with Crippen molar-refractivity contribution < 1.29 is 251 Å². The van der Waals surface area contributed by atoms with Gasteiger partial charge in [-0.15, -0.1) is 0 Å². The maximum absolute atomic E-state index is 12.3. The Morgan fingerprint density at radius 2 is 1.09 bits per heavy atom. The van der Waals surface area contributed by atoms with Gasteiger partial charge >= 0.3 is 179 Å². The second-order valence-corrected chi connectivity index (χ2v) is 19.1. The van der Waals surface area contributed by atoms with E-state index in [9.17, 15) is 19.2 Å². The number of rotatable bonds is 13. The molecule has 6 aromatic rings. The summed E-state index contributed by atoms with van der Waals surface area (Å²) < 4.78 is 26.3. The SMILES string of the molecule is CC(=O)OOC(C)=O.CC(=O)[O-].CNc1nc(Cl)ncc1O.CNc1nc(Cl)ncc1OCC(=O)c1cc(Cl)c(OC)cc1Cl.COc1cc(Cl)c(C(=O)CBr)cc1Cl.COc1cc(Cl)c(C2COc3cnc(Cl)nc3N2C)cc1Cl.O=CO[O-].[B].[Cs+].[Cs+].[H-].[Na+]. The Morgan fingerprint density at radius 1 is 0.685 bits per heavy atom. The van der Waals surface area contributed by atoms with Crippen LogP contribution in [0.3, 0.4) is 0 Å². The molecule has 1 atom stereocenters. The zero-order valence-corrected chi connectivity index (χ0v) is 71.9. The van der Waals surface area contributed by atoms with Crippen molar-refractivity contribution >= 4 is 182 Å². The first-order valence-electron chi connectivity index (χ1n) is 22.7. The van der Waals surface area contributed by atoms with Crippen LogP contribution >= 0.6 is 120 Å². The predicted molar refractivity (Wildman–Crippen MR) is 324 cm³/mol. The summed E-state index contributed by atoms with van der Waals surface area (Å²) in [4.78, 5) is 96.1. The number of Topliss-reactive ketones (excluding diaryl/α,β-unsaturated/α-hetero) is 2. The number of carboxylic acids is 1. The Balaban J connectivity index is -0.000000333. The van der Waals surface area contributed by atoms with Crippen LogP contribution in [0.25, 0.3) is 0 Å². The zero-order valence-electron chi connectivity index (χ0n) is 49.9. The molecule has 3 aromatic carbocycles. The van der Waals surface area contributed by atoms with Crippen LogP contribution in [-0.4, -0.2) is 140 Å². The number of nitrogens with zero attached hydrogens (tertiary/aromatic N) is 7. The number of nitrogens with one attached hydrogen (secondary N) is 2. The van der Waals surface area contributed by atoms with Gasteiger partial charge in [-0.3, -0.25) is 14.4 Å². The van der Waals surface area contributed by atoms with Crippen LogP contribution in [0.4, 0.5) is 17.5 Å². The van der Waals surface area contributed by atoms with Gasteiger partial charge in [0.05, 0.1) is 76.4 Å². The average molecular weight is 1730 g/mol. The molecule has 89 heavy (non-hydrogen) atoms. The summed E-state index contributed by atoms with van der Waals surface area (Å²) in [6.45, 7) is 3.21. The number of alkyl halides is 1. The van der Waals surface area contributed by atoms with E-state index in [-0.39, 0.29) is 250 Å². The van der Waals surface area contributed by atoms with E-state index in [2.05, 4.69) is 71.1 Å². The van der Waals surface area contributed by atoms with E-state index in [0.29, 0.717) is 78.5 Å². The van der Waals surface area contributed by atoms with Crippen LogP contribution < -0.4 is 217 Å². The van der Waals surface area contributed by atoms with Gasteiger partial charge in [0.2, 0.25) is 21.6 Å². The predicted octanol–water partition coefficient (Wildman–Crippen LogP) is 0.183. The molecule has 467 valence electrons. The smallest absolute Gasteiger partial charge is 1.00 e. The van der Waals surface area contributed by atoms with Crippen molar-refractivity contribution in [3.63, 3.8) is 0 Å². The van der Waals surface area contributed by atoms with Gasteiger partial charge in [0.1, 0.15) is 23.9 Å². The number of hydrogen-bond acceptors (Lipinski definition) is 26. The number of carboxylic acid groups (broad SMARTS) is 1. The Labute approximate surface area is 706 Å². The van der Waals surface area contributed by atoms with Gasteiger partial charge in [-0.2, -0.15) is 15.0 Å². The van der Waals surface area contributed by atoms with Crippen molar-refractivity contribution in [1.29, 1.82) is 0 Å². The molecule has 3 radical (unpaired) electrons. The summed E-state index contributed by atoms with van der Waals surface area (Å²) in [5.41, 5.74) is 1.46. The quantitative estimate of drug-likeness (QED) is 0.0264. The molecule has 7 rings (SSSR count). The molecule has 1 aliphatic rings. The number of halogens is 10. The molecule has 40 heteroatoms. The summed E-state index contributed by atoms with van der Waals surface area (Å²) >= 11 is 56.4. The van der Waals surface area contributed by atoms with Gasteiger partial charge in [-0.25, -0.2) is 34.3 Å². The number of aromatic hydroxyl groups is 1. The Hall–Kier alpha value is -1.46. The second kappa shape index (κ2) is 50.9. The number of hydrogen-bond donors (Lipinski definition) is 3. The number of anilines is 3. The maximum atomic E-state index is 12.3. The molecule has 0 spiro atoms. The van der Waals surface area contributed by atoms with E-state index in [0.717, 1.165) is 26.3 Å². The minimum absolute atomic E-state index is 0. The fourth-order valence-corrected chi connectivity index (χ4v) is 7.98. The number of ether oxygens (including phenoxy) is 5. The second-order valence-electron chi connectivity index (χ2n) is 15.0. The van der Waals surface area contributed by atoms with E-state index in [1.807, 2.05) is 11.9 Å². The number of carbonyl (C=O) groups excluding carboxylic acids is 6. The van der Waals surface area contributed by atoms with Crippen molar-refractivity contribution in [3.8, 4) is 34.5 Å². The molecule has 4 heterocycles. The topological polar surface area (TPSA) is 347 Å². The largest absolute Gasteiger partial charge is 1.00 e. The Kier molecular flexibility index (Phi) is 53.7. The van der Waals surface area contributed by atoms with Crippen molar-refractivity contribution in [1.82, 2.24) is 29.9 Å². The van der Waals surface area contributed by atoms with Crippen LogP contribution in [0.5, 0.6) is 34.5 Å². The van der Waals surface area contributed by atoms with Crippen LogP contribution in [0.1, 0.15) is 54.5 Å². The molecule has 0 saturated carbocycles. The minimum Gasteiger partial charge on any atom is -1.00 e. The monoisotopic (exact) mass is 1730 g/mol. The first-order chi connectivity index (χ1) is 40.1. The van der Waals surface area contributed by atoms with Gasteiger partial charge in [0.15, 0.2) is 47.1 Å². The number of likely N-dealkylation sites (N-methyl/N-ethyl adjacent to an activating group) is 1. The van der Waals surface area contributed by atoms with Crippen molar-refractivity contribution in [2.24, 2.45) is 0 Å². The molecule has 3 N–H and O–H groups in total. The number of aliphatic carboxylic acids is 1. The van der Waals surface area contributed by atoms with E-state index in [1.54, 1.807) is 39.5 Å². The normalized spacial score (nSPS) is 10.7. The molecule has 0 amide bonds. The summed E-state index contributed by atoms with van der Waals surface area (Å²) in [5, 5.41) is 34.6. The molecule has 0 saturated heterocycles. The number of fused-ring (bicyclic) bond motifs is 1. The van der Waals surface area contributed by atoms with Crippen molar-refractivity contribution in [3.05, 3.63) is 118 Å². The molecule has 26 nitrogen and oxygen atoms in total. The molecule has 0 aliphatic carbocycles. The summed E-state index contributed by atoms with van der Waals surface area (Å²) in [6.07, 6.45) is 4.16. The van der Waals surface area contributed by atoms with Crippen LogP contribution in [0, 0.1) is 0 Å². The number of aromatic nitrogens is 6. The summed E-state index contributed by atoms with van der Waals surface area (Å²) in [5.74, 6) is 0.736. The Bertz CT molecular complexity index is 3260. The molecule has 0 bridgehead atoms. The van der Waals surface area contributed by atoms with Crippen LogP contribution in [0.2, 0.25) is 46.0 Å². The van der Waals surface area contributed by atoms with Crippen molar-refractivity contribution in [2.45, 2.75) is 26.8 Å². The first-order valence-corrected chi connectivity index (χ1v) is 27.2. The zero-order chi connectivity index (χ0) is 64.7. The van der Waals surface area contributed by atoms with Crippen molar-refractivity contribution in [2.75, 3.05) is 76.5 Å². The first kappa shape index (κ1) is 93.9. The third-order valence-electron chi connectivity index (χ3n) is 9.35. The molecule has 0 fully saturated rings. The number of methoxy groups -OCH3 is 3. The summed E-state index contributed by atoms with van der Waals surface area (Å²) in [6, 6.07) is 9.27. The summed E-state index contributed by atoms with van der Waals surface area (Å²) in [7, 11) is 9.67. The third kappa shape index (κ3) is 34.7. The Morgan fingerprint density at radius 3 is 1.51 bits per heavy atom. The van der Waals surface area contributed by atoms with E-state index in [4.69, 9.17) is 153 Å². The van der Waals surface area contributed by atoms with Gasteiger partial charge in [-0.05, 0) is 65.5 Å². The van der Waals surface area contributed by atoms with E-state index < -0.39 is 17.9 Å². The average Bonchev–Trinajstić information content (AvgIpc) is 0.919. The minimum atomic E-state index is -1.08. The molecule has 1 aliphatic heterocycles. The number of benzene rings is 3. The van der Waals surface area contributed by atoms with Crippen LogP contribution in [0.15, 0.2) is 55.0 Å².